The monoisotopic (exact) mass is 936 g/mol. The number of anilines is 6. The van der Waals surface area contributed by atoms with Crippen LogP contribution in [0.5, 0.6) is 0 Å². The second-order valence-electron chi connectivity index (χ2n) is 19.9. The van der Waals surface area contributed by atoms with Gasteiger partial charge in [-0.05, 0) is 174 Å². The first-order chi connectivity index (χ1) is 35.8. The van der Waals surface area contributed by atoms with E-state index >= 15 is 0 Å². The van der Waals surface area contributed by atoms with Gasteiger partial charge in [0.25, 0.3) is 0 Å². The lowest BCUT2D eigenvalue weighted by atomic mass is 9.65. The molecular formula is C69H52N4. The van der Waals surface area contributed by atoms with E-state index in [9.17, 15) is 5.26 Å². The Bertz CT molecular complexity index is 3920. The van der Waals surface area contributed by atoms with Gasteiger partial charge < -0.3 is 9.80 Å². The predicted molar refractivity (Wildman–Crippen MR) is 305 cm³/mol. The van der Waals surface area contributed by atoms with Crippen LogP contribution >= 0.6 is 0 Å². The third kappa shape index (κ3) is 7.42. The molecule has 0 radical (unpaired) electrons. The predicted octanol–water partition coefficient (Wildman–Crippen LogP) is 19.1. The number of nitriles is 1. The molecule has 0 spiro atoms. The molecule has 0 amide bonds. The standard InChI is InChI=1S/C69H52N4/c1-45(2)48-22-31-55(32-23-48)72(54-29-20-47(44-70)21-30-54)58-37-40-60-50(42-58)26-39-64-66-62-19-13-12-18-61(62)65-43-59(73(57-35-27-53(71-5)28-36-57)56-33-24-49(25-34-56)46(3)4)38-41-63(65)68(66)69(67(60)64,51-14-8-6-9-15-51)52-16-10-7-11-17-52/h6-43,45-46H,1-4H3. The third-order valence-corrected chi connectivity index (χ3v) is 15.1. The molecule has 11 aromatic carbocycles. The molecule has 1 aliphatic rings. The van der Waals surface area contributed by atoms with Gasteiger partial charge in [0.2, 0.25) is 0 Å². The summed E-state index contributed by atoms with van der Waals surface area (Å²) >= 11 is 0. The quantitative estimate of drug-likeness (QED) is 0.101. The highest BCUT2D eigenvalue weighted by molar-refractivity contribution is 6.21. The fourth-order valence-electron chi connectivity index (χ4n) is 11.6. The zero-order valence-electron chi connectivity index (χ0n) is 41.4. The first kappa shape index (κ1) is 45.0. The molecule has 0 N–H and O–H groups in total. The van der Waals surface area contributed by atoms with Gasteiger partial charge in [-0.2, -0.15) is 5.26 Å². The number of hydrogen-bond acceptors (Lipinski definition) is 3. The van der Waals surface area contributed by atoms with E-state index in [2.05, 4.69) is 243 Å². The summed E-state index contributed by atoms with van der Waals surface area (Å²) in [5.74, 6) is 0.815. The first-order valence-electron chi connectivity index (χ1n) is 25.2. The zero-order valence-corrected chi connectivity index (χ0v) is 41.4. The molecular weight excluding hydrogens is 885 g/mol. The van der Waals surface area contributed by atoms with Gasteiger partial charge in [0, 0.05) is 34.1 Å². The maximum Gasteiger partial charge on any atom is 0.187 e. The molecule has 0 aliphatic heterocycles. The SMILES string of the molecule is [C-]#[N+]c1ccc(N(c2ccc(C(C)C)cc2)c2ccc3c4c(c5ccccc5c3c2)-c2ccc3cc(N(c5ccc(C#N)cc5)c5ccc(C(C)C)cc5)ccc3c2C4(c2ccccc2)c2ccccc2)cc1. The average molecular weight is 937 g/mol. The molecule has 12 rings (SSSR count). The summed E-state index contributed by atoms with van der Waals surface area (Å²) in [5.41, 5.74) is 16.7. The molecule has 0 heterocycles. The van der Waals surface area contributed by atoms with E-state index in [1.807, 2.05) is 36.4 Å². The molecule has 0 saturated carbocycles. The largest absolute Gasteiger partial charge is 0.311 e. The van der Waals surface area contributed by atoms with Crippen LogP contribution in [0.25, 0.3) is 48.3 Å². The summed E-state index contributed by atoms with van der Waals surface area (Å²) in [7, 11) is 0. The van der Waals surface area contributed by atoms with E-state index in [-0.39, 0.29) is 0 Å². The Morgan fingerprint density at radius 2 is 0.890 bits per heavy atom. The molecule has 0 unspecified atom stereocenters. The van der Waals surface area contributed by atoms with E-state index in [1.165, 1.54) is 71.4 Å². The van der Waals surface area contributed by atoms with E-state index in [0.29, 0.717) is 23.1 Å². The van der Waals surface area contributed by atoms with Gasteiger partial charge >= 0.3 is 0 Å². The van der Waals surface area contributed by atoms with Crippen LogP contribution < -0.4 is 9.80 Å². The van der Waals surface area contributed by atoms with Crippen molar-refractivity contribution >= 4 is 72.1 Å². The van der Waals surface area contributed by atoms with Crippen molar-refractivity contribution in [3.05, 3.63) is 281 Å². The maximum absolute atomic E-state index is 9.75. The summed E-state index contributed by atoms with van der Waals surface area (Å²) in [6, 6.07) is 85.8. The van der Waals surface area contributed by atoms with Crippen LogP contribution in [0.3, 0.4) is 0 Å². The van der Waals surface area contributed by atoms with Gasteiger partial charge in [-0.1, -0.05) is 173 Å². The highest BCUT2D eigenvalue weighted by Gasteiger charge is 2.49. The van der Waals surface area contributed by atoms with E-state index in [1.54, 1.807) is 0 Å². The van der Waals surface area contributed by atoms with Crippen molar-refractivity contribution in [3.8, 4) is 17.2 Å². The molecule has 4 nitrogen and oxygen atoms in total. The summed E-state index contributed by atoms with van der Waals surface area (Å²) < 4.78 is 0. The van der Waals surface area contributed by atoms with Crippen molar-refractivity contribution in [1.82, 2.24) is 0 Å². The van der Waals surface area contributed by atoms with Gasteiger partial charge in [-0.3, -0.25) is 0 Å². The highest BCUT2D eigenvalue weighted by atomic mass is 15.1. The fourth-order valence-corrected chi connectivity index (χ4v) is 11.6. The Kier molecular flexibility index (Phi) is 11.2. The summed E-state index contributed by atoms with van der Waals surface area (Å²) in [4.78, 5) is 8.35. The Hall–Kier alpha value is -9.22. The molecule has 348 valence electrons. The Labute approximate surface area is 428 Å². The van der Waals surface area contributed by atoms with Crippen LogP contribution in [0.4, 0.5) is 39.8 Å². The number of fused-ring (bicyclic) bond motifs is 10. The van der Waals surface area contributed by atoms with Gasteiger partial charge in [0.1, 0.15) is 0 Å². The van der Waals surface area contributed by atoms with Crippen molar-refractivity contribution in [2.24, 2.45) is 0 Å². The van der Waals surface area contributed by atoms with Crippen LogP contribution in [0.15, 0.2) is 231 Å². The Morgan fingerprint density at radius 3 is 1.41 bits per heavy atom. The molecule has 73 heavy (non-hydrogen) atoms. The lowest BCUT2D eigenvalue weighted by Crippen LogP contribution is -2.29. The topological polar surface area (TPSA) is 34.6 Å². The Morgan fingerprint density at radius 1 is 0.425 bits per heavy atom. The molecule has 0 aromatic heterocycles. The lowest BCUT2D eigenvalue weighted by Gasteiger charge is -2.36. The minimum absolute atomic E-state index is 0.406. The molecule has 4 heteroatoms. The van der Waals surface area contributed by atoms with Crippen molar-refractivity contribution in [1.29, 1.82) is 5.26 Å². The number of rotatable bonds is 10. The second kappa shape index (κ2) is 18.2. The smallest absolute Gasteiger partial charge is 0.187 e. The van der Waals surface area contributed by atoms with E-state index in [0.717, 1.165) is 39.5 Å². The lowest BCUT2D eigenvalue weighted by molar-refractivity contribution is 0.783. The van der Waals surface area contributed by atoms with Crippen molar-refractivity contribution in [3.63, 3.8) is 0 Å². The van der Waals surface area contributed by atoms with Crippen LogP contribution in [0, 0.1) is 17.9 Å². The molecule has 1 aliphatic carbocycles. The first-order valence-corrected chi connectivity index (χ1v) is 25.2. The van der Waals surface area contributed by atoms with Crippen LogP contribution in [0.1, 0.15) is 78.5 Å². The minimum Gasteiger partial charge on any atom is -0.311 e. The molecule has 0 saturated heterocycles. The van der Waals surface area contributed by atoms with Crippen LogP contribution in [-0.2, 0) is 5.41 Å². The summed E-state index contributed by atoms with van der Waals surface area (Å²) in [5, 5.41) is 16.8. The van der Waals surface area contributed by atoms with Gasteiger partial charge in [-0.25, -0.2) is 4.85 Å². The molecule has 0 atom stereocenters. The average Bonchev–Trinajstić information content (AvgIpc) is 3.77. The van der Waals surface area contributed by atoms with Crippen molar-refractivity contribution in [2.45, 2.75) is 44.9 Å². The van der Waals surface area contributed by atoms with Crippen molar-refractivity contribution in [2.75, 3.05) is 9.80 Å². The van der Waals surface area contributed by atoms with Crippen LogP contribution in [-0.4, -0.2) is 0 Å². The number of hydrogen-bond donors (Lipinski definition) is 0. The molecule has 0 bridgehead atoms. The fraction of sp³-hybridized carbons (Fsp3) is 0.101. The second-order valence-corrected chi connectivity index (χ2v) is 19.9. The normalized spacial score (nSPS) is 12.4. The molecule has 0 fully saturated rings. The minimum atomic E-state index is -0.723. The third-order valence-electron chi connectivity index (χ3n) is 15.1. The Balaban J connectivity index is 1.14. The summed E-state index contributed by atoms with van der Waals surface area (Å²) in [6.07, 6.45) is 0. The van der Waals surface area contributed by atoms with Gasteiger partial charge in [0.15, 0.2) is 5.69 Å². The van der Waals surface area contributed by atoms with Crippen molar-refractivity contribution < 1.29 is 0 Å². The van der Waals surface area contributed by atoms with E-state index in [4.69, 9.17) is 6.57 Å². The molecule has 11 aromatic rings. The zero-order chi connectivity index (χ0) is 49.8. The van der Waals surface area contributed by atoms with Gasteiger partial charge in [-0.15, -0.1) is 0 Å². The number of nitrogens with zero attached hydrogens (tertiary/aromatic N) is 4. The van der Waals surface area contributed by atoms with Gasteiger partial charge in [0.05, 0.1) is 23.6 Å². The van der Waals surface area contributed by atoms with Crippen LogP contribution in [0.2, 0.25) is 0 Å². The van der Waals surface area contributed by atoms with E-state index < -0.39 is 5.41 Å². The maximum atomic E-state index is 9.75. The highest BCUT2D eigenvalue weighted by Crippen LogP contribution is 2.62. The summed E-state index contributed by atoms with van der Waals surface area (Å²) in [6.45, 7) is 16.6. The number of benzene rings is 11.